The van der Waals surface area contributed by atoms with Crippen molar-refractivity contribution in [1.29, 1.82) is 0 Å². The molecule has 0 unspecified atom stereocenters. The molecule has 0 amide bonds. The molecule has 0 N–H and O–H groups in total. The van der Waals surface area contributed by atoms with Gasteiger partial charge in [0.2, 0.25) is 0 Å². The van der Waals surface area contributed by atoms with Gasteiger partial charge in [-0.1, -0.05) is 77.1 Å². The number of hydrogen-bond acceptors (Lipinski definition) is 3. The highest BCUT2D eigenvalue weighted by Gasteiger charge is 2.10. The van der Waals surface area contributed by atoms with Gasteiger partial charge in [-0.05, 0) is 54.9 Å². The van der Waals surface area contributed by atoms with Gasteiger partial charge in [-0.25, -0.2) is 14.4 Å². The number of aryl methyl sites for hydroxylation is 1. The molecule has 2 aromatic carbocycles. The van der Waals surface area contributed by atoms with Crippen LogP contribution >= 0.6 is 0 Å². The number of aromatic nitrogens is 2. The Labute approximate surface area is 204 Å². The van der Waals surface area contributed by atoms with E-state index in [2.05, 4.69) is 55.0 Å². The van der Waals surface area contributed by atoms with Gasteiger partial charge in [-0.15, -0.1) is 0 Å². The van der Waals surface area contributed by atoms with Gasteiger partial charge in [0.25, 0.3) is 0 Å². The topological polar surface area (TPSA) is 35.0 Å². The SMILES string of the molecule is CCCCCCCc1ccc(-c2cnc(-c3ccc(OCCCCC(C)C)cc3F)nc2)cc1. The third-order valence-corrected chi connectivity index (χ3v) is 6.13. The van der Waals surface area contributed by atoms with Crippen LogP contribution in [0.15, 0.2) is 54.9 Å². The first-order chi connectivity index (χ1) is 16.6. The van der Waals surface area contributed by atoms with Crippen molar-refractivity contribution in [3.8, 4) is 28.3 Å². The van der Waals surface area contributed by atoms with Gasteiger partial charge in [-0.3, -0.25) is 0 Å². The number of rotatable bonds is 14. The molecular weight excluding hydrogens is 423 g/mol. The molecule has 34 heavy (non-hydrogen) atoms. The van der Waals surface area contributed by atoms with Crippen LogP contribution in [0.5, 0.6) is 5.75 Å². The summed E-state index contributed by atoms with van der Waals surface area (Å²) in [5.41, 5.74) is 3.75. The lowest BCUT2D eigenvalue weighted by Gasteiger charge is -2.09. The predicted octanol–water partition coefficient (Wildman–Crippen LogP) is 8.67. The summed E-state index contributed by atoms with van der Waals surface area (Å²) in [6, 6.07) is 13.5. The molecule has 0 aliphatic carbocycles. The van der Waals surface area contributed by atoms with Crippen molar-refractivity contribution in [3.05, 3.63) is 66.2 Å². The van der Waals surface area contributed by atoms with Crippen LogP contribution in [0.3, 0.4) is 0 Å². The Bertz CT molecular complexity index is 984. The maximum Gasteiger partial charge on any atom is 0.162 e. The van der Waals surface area contributed by atoms with Crippen molar-refractivity contribution in [2.75, 3.05) is 6.61 Å². The molecule has 3 aromatic rings. The highest BCUT2D eigenvalue weighted by molar-refractivity contribution is 5.64. The lowest BCUT2D eigenvalue weighted by Crippen LogP contribution is -2.00. The molecule has 0 aliphatic heterocycles. The van der Waals surface area contributed by atoms with Gasteiger partial charge in [-0.2, -0.15) is 0 Å². The molecule has 0 fully saturated rings. The molecule has 4 heteroatoms. The minimum Gasteiger partial charge on any atom is -0.493 e. The van der Waals surface area contributed by atoms with Gasteiger partial charge in [0.1, 0.15) is 11.6 Å². The second kappa shape index (κ2) is 13.8. The van der Waals surface area contributed by atoms with Crippen LogP contribution in [-0.2, 0) is 6.42 Å². The van der Waals surface area contributed by atoms with E-state index in [1.807, 2.05) is 0 Å². The summed E-state index contributed by atoms with van der Waals surface area (Å²) >= 11 is 0. The van der Waals surface area contributed by atoms with Gasteiger partial charge in [0.15, 0.2) is 5.82 Å². The molecular formula is C30H39FN2O. The van der Waals surface area contributed by atoms with E-state index < -0.39 is 0 Å². The molecule has 1 aromatic heterocycles. The average molecular weight is 463 g/mol. The van der Waals surface area contributed by atoms with Gasteiger partial charge in [0.05, 0.1) is 12.2 Å². The fraction of sp³-hybridized carbons (Fsp3) is 0.467. The van der Waals surface area contributed by atoms with Crippen molar-refractivity contribution in [1.82, 2.24) is 9.97 Å². The minimum absolute atomic E-state index is 0.365. The fourth-order valence-electron chi connectivity index (χ4n) is 4.02. The predicted molar refractivity (Wildman–Crippen MR) is 140 cm³/mol. The summed E-state index contributed by atoms with van der Waals surface area (Å²) < 4.78 is 20.4. The van der Waals surface area contributed by atoms with E-state index in [-0.39, 0.29) is 5.82 Å². The van der Waals surface area contributed by atoms with E-state index in [4.69, 9.17) is 4.74 Å². The van der Waals surface area contributed by atoms with Crippen LogP contribution in [0.4, 0.5) is 4.39 Å². The maximum absolute atomic E-state index is 14.7. The van der Waals surface area contributed by atoms with Crippen molar-refractivity contribution in [2.45, 2.75) is 78.6 Å². The summed E-state index contributed by atoms with van der Waals surface area (Å²) in [5, 5.41) is 0. The Hall–Kier alpha value is -2.75. The van der Waals surface area contributed by atoms with Crippen LogP contribution in [0.2, 0.25) is 0 Å². The van der Waals surface area contributed by atoms with Crippen LogP contribution in [0.25, 0.3) is 22.5 Å². The summed E-state index contributed by atoms with van der Waals surface area (Å²) in [4.78, 5) is 8.85. The van der Waals surface area contributed by atoms with Crippen molar-refractivity contribution in [3.63, 3.8) is 0 Å². The number of ether oxygens (including phenoxy) is 1. The van der Waals surface area contributed by atoms with Crippen molar-refractivity contribution in [2.24, 2.45) is 5.92 Å². The van der Waals surface area contributed by atoms with Gasteiger partial charge in [0, 0.05) is 24.0 Å². The third kappa shape index (κ3) is 8.23. The summed E-state index contributed by atoms with van der Waals surface area (Å²) in [5.74, 6) is 1.27. The number of hydrogen-bond donors (Lipinski definition) is 0. The first-order valence-corrected chi connectivity index (χ1v) is 12.9. The maximum atomic E-state index is 14.7. The Morgan fingerprint density at radius 1 is 0.824 bits per heavy atom. The number of nitrogens with zero attached hydrogens (tertiary/aromatic N) is 2. The zero-order valence-electron chi connectivity index (χ0n) is 21.0. The summed E-state index contributed by atoms with van der Waals surface area (Å²) in [7, 11) is 0. The van der Waals surface area contributed by atoms with Crippen LogP contribution in [0, 0.1) is 11.7 Å². The molecule has 0 aliphatic rings. The average Bonchev–Trinajstić information content (AvgIpc) is 2.84. The molecule has 3 rings (SSSR count). The number of benzene rings is 2. The zero-order valence-corrected chi connectivity index (χ0v) is 21.0. The standard InChI is InChI=1S/C30H39FN2O/c1-4-5-6-7-8-12-24-13-15-25(16-14-24)26-21-32-30(33-22-26)28-18-17-27(20-29(28)31)34-19-10-9-11-23(2)3/h13-18,20-23H,4-12,19H2,1-3H3. The van der Waals surface area contributed by atoms with Crippen LogP contribution in [0.1, 0.15) is 77.7 Å². The largest absolute Gasteiger partial charge is 0.493 e. The number of halogens is 1. The lowest BCUT2D eigenvalue weighted by atomic mass is 10.0. The molecule has 0 spiro atoms. The molecule has 0 saturated heterocycles. The summed E-state index contributed by atoms with van der Waals surface area (Å²) in [6.45, 7) is 7.29. The first-order valence-electron chi connectivity index (χ1n) is 12.9. The third-order valence-electron chi connectivity index (χ3n) is 6.13. The van der Waals surface area contributed by atoms with Crippen LogP contribution < -0.4 is 4.74 Å². The van der Waals surface area contributed by atoms with E-state index >= 15 is 0 Å². The second-order valence-electron chi connectivity index (χ2n) is 9.54. The second-order valence-corrected chi connectivity index (χ2v) is 9.54. The molecule has 182 valence electrons. The quantitative estimate of drug-likeness (QED) is 0.225. The highest BCUT2D eigenvalue weighted by atomic mass is 19.1. The monoisotopic (exact) mass is 462 g/mol. The van der Waals surface area contributed by atoms with Crippen molar-refractivity contribution >= 4 is 0 Å². The molecule has 0 saturated carbocycles. The molecule has 0 bridgehead atoms. The Balaban J connectivity index is 1.54. The molecule has 1 heterocycles. The minimum atomic E-state index is -0.365. The normalized spacial score (nSPS) is 11.2. The smallest absolute Gasteiger partial charge is 0.162 e. The summed E-state index contributed by atoms with van der Waals surface area (Å²) in [6.07, 6.45) is 14.4. The molecule has 3 nitrogen and oxygen atoms in total. The molecule has 0 radical (unpaired) electrons. The van der Waals surface area contributed by atoms with E-state index in [1.165, 1.54) is 50.2 Å². The van der Waals surface area contributed by atoms with E-state index in [9.17, 15) is 4.39 Å². The Kier molecular flexibility index (Phi) is 10.5. The van der Waals surface area contributed by atoms with E-state index in [0.29, 0.717) is 29.7 Å². The van der Waals surface area contributed by atoms with Gasteiger partial charge >= 0.3 is 0 Å². The highest BCUT2D eigenvalue weighted by Crippen LogP contribution is 2.26. The molecule has 0 atom stereocenters. The number of unbranched alkanes of at least 4 members (excludes halogenated alkanes) is 5. The fourth-order valence-corrected chi connectivity index (χ4v) is 4.02. The Morgan fingerprint density at radius 3 is 2.24 bits per heavy atom. The van der Waals surface area contributed by atoms with E-state index in [1.54, 1.807) is 24.5 Å². The van der Waals surface area contributed by atoms with E-state index in [0.717, 1.165) is 30.4 Å². The van der Waals surface area contributed by atoms with Crippen LogP contribution in [-0.4, -0.2) is 16.6 Å². The van der Waals surface area contributed by atoms with Crippen molar-refractivity contribution < 1.29 is 9.13 Å². The first kappa shape index (κ1) is 25.9. The Morgan fingerprint density at radius 2 is 1.56 bits per heavy atom. The zero-order chi connectivity index (χ0) is 24.2. The van der Waals surface area contributed by atoms with Gasteiger partial charge < -0.3 is 4.74 Å². The lowest BCUT2D eigenvalue weighted by molar-refractivity contribution is 0.300.